The molecule has 0 heterocycles. The summed E-state index contributed by atoms with van der Waals surface area (Å²) in [6.07, 6.45) is 0.242. The molecule has 21 heavy (non-hydrogen) atoms. The van der Waals surface area contributed by atoms with E-state index >= 15 is 0 Å². The van der Waals surface area contributed by atoms with E-state index in [4.69, 9.17) is 21.4 Å². The van der Waals surface area contributed by atoms with Gasteiger partial charge in [0.05, 0.1) is 12.1 Å². The maximum atomic E-state index is 10.6. The van der Waals surface area contributed by atoms with Gasteiger partial charge in [-0.2, -0.15) is 0 Å². The van der Waals surface area contributed by atoms with Gasteiger partial charge in [-0.15, -0.1) is 0 Å². The topological polar surface area (TPSA) is 55.8 Å². The Kier molecular flexibility index (Phi) is 4.38. The van der Waals surface area contributed by atoms with Crippen LogP contribution >= 0.6 is 11.6 Å². The van der Waals surface area contributed by atoms with Crippen molar-refractivity contribution >= 4 is 34.6 Å². The second-order valence-corrected chi connectivity index (χ2v) is 4.93. The maximum absolute atomic E-state index is 10.6. The lowest BCUT2D eigenvalue weighted by molar-refractivity contribution is 0.120. The Morgan fingerprint density at radius 1 is 1.29 bits per heavy atom. The molecule has 110 valence electrons. The molecule has 2 aromatic rings. The number of benzene rings is 2. The van der Waals surface area contributed by atoms with Gasteiger partial charge in [0.15, 0.2) is 0 Å². The van der Waals surface area contributed by atoms with Crippen molar-refractivity contribution in [2.24, 2.45) is 0 Å². The van der Waals surface area contributed by atoms with Gasteiger partial charge in [0.2, 0.25) is 0 Å². The van der Waals surface area contributed by atoms with Gasteiger partial charge in [-0.05, 0) is 30.9 Å². The number of ether oxygens (including phenoxy) is 2. The van der Waals surface area contributed by atoms with Crippen LogP contribution in [0.4, 0.5) is 4.79 Å². The molecule has 2 aromatic carbocycles. The Morgan fingerprint density at radius 3 is 2.48 bits per heavy atom. The first-order valence-electron chi connectivity index (χ1n) is 6.29. The van der Waals surface area contributed by atoms with E-state index in [0.29, 0.717) is 16.3 Å². The molecule has 0 atom stereocenters. The number of carbonyl (C=O) groups is 1. The Morgan fingerprint density at radius 2 is 1.90 bits per heavy atom. The average Bonchev–Trinajstić information content (AvgIpc) is 2.43. The van der Waals surface area contributed by atoms with Crippen LogP contribution in [0, 0.1) is 6.92 Å². The average molecular weight is 307 g/mol. The third kappa shape index (κ3) is 2.95. The highest BCUT2D eigenvalue weighted by Crippen LogP contribution is 2.40. The van der Waals surface area contributed by atoms with Crippen LogP contribution < -0.4 is 4.74 Å². The van der Waals surface area contributed by atoms with Crippen LogP contribution in [0.25, 0.3) is 16.8 Å². The van der Waals surface area contributed by atoms with E-state index in [9.17, 15) is 4.79 Å². The van der Waals surface area contributed by atoms with E-state index in [1.54, 1.807) is 20.1 Å². The zero-order valence-electron chi connectivity index (χ0n) is 11.9. The summed E-state index contributed by atoms with van der Waals surface area (Å²) < 4.78 is 10.0. The van der Waals surface area contributed by atoms with Crippen molar-refractivity contribution in [1.82, 2.24) is 0 Å². The SMILES string of the molecule is COc1c(Cl)c(/C=C(\C)OC(=O)O)c(C)c2ccccc12. The van der Waals surface area contributed by atoms with E-state index in [1.807, 2.05) is 31.2 Å². The normalized spacial score (nSPS) is 11.5. The number of hydrogen-bond acceptors (Lipinski definition) is 3. The number of hydrogen-bond donors (Lipinski definition) is 1. The Balaban J connectivity index is 2.72. The quantitative estimate of drug-likeness (QED) is 0.649. The van der Waals surface area contributed by atoms with Crippen LogP contribution in [0.5, 0.6) is 5.75 Å². The lowest BCUT2D eigenvalue weighted by Crippen LogP contribution is -1.98. The number of carboxylic acid groups (broad SMARTS) is 1. The van der Waals surface area contributed by atoms with Gasteiger partial charge >= 0.3 is 6.16 Å². The maximum Gasteiger partial charge on any atom is 0.511 e. The number of halogens is 1. The van der Waals surface area contributed by atoms with E-state index < -0.39 is 6.16 Å². The molecule has 0 aromatic heterocycles. The molecule has 4 nitrogen and oxygen atoms in total. The number of fused-ring (bicyclic) bond motifs is 1. The fourth-order valence-corrected chi connectivity index (χ4v) is 2.68. The summed E-state index contributed by atoms with van der Waals surface area (Å²) in [5.41, 5.74) is 1.62. The largest absolute Gasteiger partial charge is 0.511 e. The zero-order valence-corrected chi connectivity index (χ0v) is 12.7. The molecule has 0 saturated heterocycles. The smallest absolute Gasteiger partial charge is 0.495 e. The van der Waals surface area contributed by atoms with Gasteiger partial charge in [0.1, 0.15) is 11.5 Å². The fraction of sp³-hybridized carbons (Fsp3) is 0.188. The lowest BCUT2D eigenvalue weighted by Gasteiger charge is -2.14. The highest BCUT2D eigenvalue weighted by atomic mass is 35.5. The highest BCUT2D eigenvalue weighted by molar-refractivity contribution is 6.35. The molecule has 5 heteroatoms. The first-order valence-corrected chi connectivity index (χ1v) is 6.67. The van der Waals surface area contributed by atoms with Crippen molar-refractivity contribution in [1.29, 1.82) is 0 Å². The molecule has 0 fully saturated rings. The second-order valence-electron chi connectivity index (χ2n) is 4.55. The predicted octanol–water partition coefficient (Wildman–Crippen LogP) is 4.87. The van der Waals surface area contributed by atoms with Crippen molar-refractivity contribution < 1.29 is 19.4 Å². The fourth-order valence-electron chi connectivity index (χ4n) is 2.30. The molecule has 0 radical (unpaired) electrons. The zero-order chi connectivity index (χ0) is 15.6. The molecule has 0 saturated carbocycles. The van der Waals surface area contributed by atoms with Crippen molar-refractivity contribution in [3.8, 4) is 5.75 Å². The molecule has 0 spiro atoms. The Hall–Kier alpha value is -2.20. The van der Waals surface area contributed by atoms with E-state index in [2.05, 4.69) is 4.74 Å². The number of methoxy groups -OCH3 is 1. The summed E-state index contributed by atoms with van der Waals surface area (Å²) in [5, 5.41) is 11.0. The van der Waals surface area contributed by atoms with E-state index in [-0.39, 0.29) is 5.76 Å². The minimum atomic E-state index is -1.36. The number of rotatable bonds is 3. The van der Waals surface area contributed by atoms with Gasteiger partial charge < -0.3 is 14.6 Å². The molecule has 2 rings (SSSR count). The molecule has 0 unspecified atom stereocenters. The molecular formula is C16H15ClO4. The van der Waals surface area contributed by atoms with E-state index in [1.165, 1.54) is 0 Å². The third-order valence-electron chi connectivity index (χ3n) is 3.22. The summed E-state index contributed by atoms with van der Waals surface area (Å²) in [4.78, 5) is 10.6. The van der Waals surface area contributed by atoms with Gasteiger partial charge in [-0.25, -0.2) is 4.79 Å². The molecule has 0 amide bonds. The summed E-state index contributed by atoms with van der Waals surface area (Å²) in [6, 6.07) is 7.74. The molecule has 0 bridgehead atoms. The minimum absolute atomic E-state index is 0.241. The molecule has 0 aliphatic carbocycles. The molecule has 1 N–H and O–H groups in total. The van der Waals surface area contributed by atoms with Crippen molar-refractivity contribution in [3.05, 3.63) is 46.2 Å². The molecular weight excluding hydrogens is 292 g/mol. The van der Waals surface area contributed by atoms with Crippen LogP contribution in [0.3, 0.4) is 0 Å². The van der Waals surface area contributed by atoms with Crippen LogP contribution in [0.1, 0.15) is 18.1 Å². The number of allylic oxidation sites excluding steroid dienone is 1. The van der Waals surface area contributed by atoms with E-state index in [0.717, 1.165) is 16.3 Å². The highest BCUT2D eigenvalue weighted by Gasteiger charge is 2.15. The van der Waals surface area contributed by atoms with Crippen LogP contribution in [0.2, 0.25) is 5.02 Å². The predicted molar refractivity (Wildman–Crippen MR) is 83.0 cm³/mol. The van der Waals surface area contributed by atoms with Crippen LogP contribution in [-0.4, -0.2) is 18.4 Å². The van der Waals surface area contributed by atoms with Gasteiger partial charge in [0, 0.05) is 10.9 Å². The van der Waals surface area contributed by atoms with Gasteiger partial charge in [-0.3, -0.25) is 0 Å². The Bertz CT molecular complexity index is 735. The first-order chi connectivity index (χ1) is 9.95. The monoisotopic (exact) mass is 306 g/mol. The first kappa shape index (κ1) is 15.2. The van der Waals surface area contributed by atoms with Gasteiger partial charge in [0.25, 0.3) is 0 Å². The van der Waals surface area contributed by atoms with Crippen molar-refractivity contribution in [2.45, 2.75) is 13.8 Å². The van der Waals surface area contributed by atoms with Crippen molar-refractivity contribution in [2.75, 3.05) is 7.11 Å². The summed E-state index contributed by atoms with van der Waals surface area (Å²) in [5.74, 6) is 0.803. The standard InChI is InChI=1S/C16H15ClO4/c1-9(21-16(18)19)8-13-10(2)11-6-4-5-7-12(11)15(20-3)14(13)17/h4-8H,1-3H3,(H,18,19)/b9-8+. The van der Waals surface area contributed by atoms with Crippen LogP contribution in [-0.2, 0) is 4.74 Å². The number of aryl methyl sites for hydroxylation is 1. The summed E-state index contributed by atoms with van der Waals surface area (Å²) in [7, 11) is 1.55. The summed E-state index contributed by atoms with van der Waals surface area (Å²) in [6.45, 7) is 3.49. The van der Waals surface area contributed by atoms with Crippen LogP contribution in [0.15, 0.2) is 30.0 Å². The third-order valence-corrected chi connectivity index (χ3v) is 3.59. The van der Waals surface area contributed by atoms with Crippen molar-refractivity contribution in [3.63, 3.8) is 0 Å². The summed E-state index contributed by atoms with van der Waals surface area (Å²) >= 11 is 6.40. The Labute approximate surface area is 127 Å². The van der Waals surface area contributed by atoms with Gasteiger partial charge in [-0.1, -0.05) is 35.9 Å². The second kappa shape index (κ2) is 6.06. The molecule has 0 aliphatic heterocycles. The molecule has 0 aliphatic rings. The lowest BCUT2D eigenvalue weighted by atomic mass is 9.98. The minimum Gasteiger partial charge on any atom is -0.495 e.